The number of rotatable bonds is 5. The van der Waals surface area contributed by atoms with Crippen molar-refractivity contribution < 1.29 is 4.79 Å². The Labute approximate surface area is 118 Å². The largest absolute Gasteiger partial charge is 0.388 e. The molecule has 2 N–H and O–H groups in total. The summed E-state index contributed by atoms with van der Waals surface area (Å²) in [5.41, 5.74) is 2.80. The number of hydrogen-bond acceptors (Lipinski definition) is 3. The maximum Gasteiger partial charge on any atom is 0.267 e. The van der Waals surface area contributed by atoms with Gasteiger partial charge in [0.05, 0.1) is 0 Å². The molecule has 19 heavy (non-hydrogen) atoms. The number of nitrogens with zero attached hydrogens (tertiary/aromatic N) is 1. The van der Waals surface area contributed by atoms with Gasteiger partial charge in [-0.2, -0.15) is 5.26 Å². The molecule has 0 aliphatic rings. The first-order valence-electron chi connectivity index (χ1n) is 5.86. The maximum atomic E-state index is 11.9. The van der Waals surface area contributed by atoms with E-state index in [9.17, 15) is 4.79 Å². The van der Waals surface area contributed by atoms with Gasteiger partial charge in [0, 0.05) is 24.3 Å². The van der Waals surface area contributed by atoms with E-state index in [0.717, 1.165) is 11.1 Å². The second kappa shape index (κ2) is 7.45. The molecule has 5 heteroatoms. The zero-order chi connectivity index (χ0) is 14.3. The third-order valence-electron chi connectivity index (χ3n) is 2.48. The molecule has 0 spiro atoms. The Kier molecular flexibility index (Phi) is 5.91. The molecule has 0 aliphatic carbocycles. The SMILES string of the molecule is Cc1ccc(NC(=O)/C(C#N)=C\NCCCl)c(C)c1. The van der Waals surface area contributed by atoms with E-state index < -0.39 is 5.91 Å². The van der Waals surface area contributed by atoms with Gasteiger partial charge in [-0.25, -0.2) is 0 Å². The molecule has 0 saturated carbocycles. The van der Waals surface area contributed by atoms with Gasteiger partial charge in [0.25, 0.3) is 5.91 Å². The number of hydrogen-bond donors (Lipinski definition) is 2. The smallest absolute Gasteiger partial charge is 0.267 e. The van der Waals surface area contributed by atoms with Crippen molar-refractivity contribution in [2.45, 2.75) is 13.8 Å². The third-order valence-corrected chi connectivity index (χ3v) is 2.67. The number of alkyl halides is 1. The predicted octanol–water partition coefficient (Wildman–Crippen LogP) is 2.48. The van der Waals surface area contributed by atoms with Gasteiger partial charge in [0.2, 0.25) is 0 Å². The lowest BCUT2D eigenvalue weighted by atomic mass is 10.1. The fourth-order valence-corrected chi connectivity index (χ4v) is 1.63. The quantitative estimate of drug-likeness (QED) is 0.376. The molecular weight excluding hydrogens is 262 g/mol. The van der Waals surface area contributed by atoms with Crippen LogP contribution in [0.15, 0.2) is 30.0 Å². The summed E-state index contributed by atoms with van der Waals surface area (Å²) < 4.78 is 0. The molecule has 1 amide bonds. The second-order valence-corrected chi connectivity index (χ2v) is 4.46. The first-order valence-corrected chi connectivity index (χ1v) is 6.40. The van der Waals surface area contributed by atoms with Crippen molar-refractivity contribution in [3.63, 3.8) is 0 Å². The minimum Gasteiger partial charge on any atom is -0.388 e. The monoisotopic (exact) mass is 277 g/mol. The Morgan fingerprint density at radius 3 is 2.79 bits per heavy atom. The third kappa shape index (κ3) is 4.65. The van der Waals surface area contributed by atoms with Gasteiger partial charge >= 0.3 is 0 Å². The number of amides is 1. The number of benzene rings is 1. The van der Waals surface area contributed by atoms with Gasteiger partial charge in [-0.05, 0) is 25.5 Å². The fraction of sp³-hybridized carbons (Fsp3) is 0.286. The lowest BCUT2D eigenvalue weighted by molar-refractivity contribution is -0.112. The Morgan fingerprint density at radius 1 is 1.47 bits per heavy atom. The summed E-state index contributed by atoms with van der Waals surface area (Å²) >= 11 is 5.50. The molecule has 0 saturated heterocycles. The summed E-state index contributed by atoms with van der Waals surface area (Å²) in [6.07, 6.45) is 1.38. The number of nitriles is 1. The van der Waals surface area contributed by atoms with Crippen LogP contribution in [0.2, 0.25) is 0 Å². The van der Waals surface area contributed by atoms with Crippen molar-refractivity contribution in [1.82, 2.24) is 5.32 Å². The molecule has 100 valence electrons. The minimum absolute atomic E-state index is 0.0186. The molecule has 0 heterocycles. The molecule has 0 aromatic heterocycles. The zero-order valence-electron chi connectivity index (χ0n) is 11.0. The van der Waals surface area contributed by atoms with Crippen LogP contribution >= 0.6 is 11.6 Å². The molecule has 0 atom stereocenters. The molecule has 1 aromatic rings. The first-order chi connectivity index (χ1) is 9.08. The van der Waals surface area contributed by atoms with E-state index in [1.165, 1.54) is 6.20 Å². The van der Waals surface area contributed by atoms with Crippen LogP contribution in [0.25, 0.3) is 0 Å². The fourth-order valence-electron chi connectivity index (χ4n) is 1.52. The van der Waals surface area contributed by atoms with Gasteiger partial charge in [0.15, 0.2) is 0 Å². The van der Waals surface area contributed by atoms with E-state index in [0.29, 0.717) is 18.1 Å². The standard InChI is InChI=1S/C14H16ClN3O/c1-10-3-4-13(11(2)7-10)18-14(19)12(8-16)9-17-6-5-15/h3-4,7,9,17H,5-6H2,1-2H3,(H,18,19)/b12-9-. The molecule has 0 radical (unpaired) electrons. The van der Waals surface area contributed by atoms with Crippen molar-refractivity contribution in [1.29, 1.82) is 5.26 Å². The molecule has 0 fully saturated rings. The van der Waals surface area contributed by atoms with Gasteiger partial charge in [0.1, 0.15) is 11.6 Å². The van der Waals surface area contributed by atoms with Crippen LogP contribution in [0.1, 0.15) is 11.1 Å². The Morgan fingerprint density at radius 2 is 2.21 bits per heavy atom. The van der Waals surface area contributed by atoms with E-state index in [1.54, 1.807) is 0 Å². The average Bonchev–Trinajstić information content (AvgIpc) is 2.38. The average molecular weight is 278 g/mol. The topological polar surface area (TPSA) is 64.9 Å². The van der Waals surface area contributed by atoms with E-state index >= 15 is 0 Å². The van der Waals surface area contributed by atoms with Gasteiger partial charge < -0.3 is 10.6 Å². The summed E-state index contributed by atoms with van der Waals surface area (Å²) in [6, 6.07) is 7.55. The van der Waals surface area contributed by atoms with Gasteiger partial charge in [-0.15, -0.1) is 11.6 Å². The van der Waals surface area contributed by atoms with Crippen LogP contribution in [0.5, 0.6) is 0 Å². The summed E-state index contributed by atoms with van der Waals surface area (Å²) in [5, 5.41) is 14.4. The molecular formula is C14H16ClN3O. The number of anilines is 1. The number of halogens is 1. The zero-order valence-corrected chi connectivity index (χ0v) is 11.7. The van der Waals surface area contributed by atoms with Crippen molar-refractivity contribution in [3.05, 3.63) is 41.1 Å². The Balaban J connectivity index is 2.77. The Bertz CT molecular complexity index is 532. The van der Waals surface area contributed by atoms with Crippen LogP contribution in [-0.2, 0) is 4.79 Å². The summed E-state index contributed by atoms with van der Waals surface area (Å²) in [7, 11) is 0. The lowest BCUT2D eigenvalue weighted by Crippen LogP contribution is -2.18. The van der Waals surface area contributed by atoms with E-state index in [2.05, 4.69) is 10.6 Å². The number of nitrogens with one attached hydrogen (secondary N) is 2. The Hall–Kier alpha value is -1.99. The normalized spacial score (nSPS) is 10.7. The van der Waals surface area contributed by atoms with Crippen LogP contribution in [0, 0.1) is 25.2 Å². The van der Waals surface area contributed by atoms with Crippen molar-refractivity contribution in [3.8, 4) is 6.07 Å². The van der Waals surface area contributed by atoms with Crippen LogP contribution in [0.4, 0.5) is 5.69 Å². The van der Waals surface area contributed by atoms with Crippen molar-refractivity contribution in [2.24, 2.45) is 0 Å². The number of carbonyl (C=O) groups excluding carboxylic acids is 1. The van der Waals surface area contributed by atoms with E-state index in [4.69, 9.17) is 16.9 Å². The lowest BCUT2D eigenvalue weighted by Gasteiger charge is -2.08. The number of carbonyl (C=O) groups is 1. The molecule has 0 aliphatic heterocycles. The maximum absolute atomic E-state index is 11.9. The van der Waals surface area contributed by atoms with Crippen molar-refractivity contribution >= 4 is 23.2 Å². The van der Waals surface area contributed by atoms with Gasteiger partial charge in [-0.3, -0.25) is 4.79 Å². The molecule has 4 nitrogen and oxygen atoms in total. The van der Waals surface area contributed by atoms with Crippen LogP contribution in [0.3, 0.4) is 0 Å². The number of aryl methyl sites for hydroxylation is 2. The molecule has 1 aromatic carbocycles. The van der Waals surface area contributed by atoms with E-state index in [-0.39, 0.29) is 5.57 Å². The highest BCUT2D eigenvalue weighted by atomic mass is 35.5. The van der Waals surface area contributed by atoms with Gasteiger partial charge in [-0.1, -0.05) is 17.7 Å². The molecule has 1 rings (SSSR count). The molecule has 0 unspecified atom stereocenters. The highest BCUT2D eigenvalue weighted by Gasteiger charge is 2.10. The van der Waals surface area contributed by atoms with Crippen LogP contribution in [-0.4, -0.2) is 18.3 Å². The highest BCUT2D eigenvalue weighted by molar-refractivity contribution is 6.18. The predicted molar refractivity (Wildman–Crippen MR) is 77.0 cm³/mol. The summed E-state index contributed by atoms with van der Waals surface area (Å²) in [4.78, 5) is 11.9. The second-order valence-electron chi connectivity index (χ2n) is 4.09. The van der Waals surface area contributed by atoms with Crippen molar-refractivity contribution in [2.75, 3.05) is 17.7 Å². The molecule has 0 bridgehead atoms. The highest BCUT2D eigenvalue weighted by Crippen LogP contribution is 2.16. The summed E-state index contributed by atoms with van der Waals surface area (Å²) in [6.45, 7) is 4.39. The van der Waals surface area contributed by atoms with E-state index in [1.807, 2.05) is 38.1 Å². The first kappa shape index (κ1) is 15.1. The minimum atomic E-state index is -0.434. The van der Waals surface area contributed by atoms with Crippen LogP contribution < -0.4 is 10.6 Å². The summed E-state index contributed by atoms with van der Waals surface area (Å²) in [5.74, 6) is -0.0232.